The number of anilines is 1. The van der Waals surface area contributed by atoms with E-state index in [0.717, 1.165) is 11.3 Å². The molecular formula is C11H13N5O2. The van der Waals surface area contributed by atoms with Gasteiger partial charge in [0.05, 0.1) is 19.9 Å². The Balaban J connectivity index is 2.17. The van der Waals surface area contributed by atoms with Crippen LogP contribution in [0.3, 0.4) is 0 Å². The number of nitrogen functional groups attached to an aromatic ring is 1. The number of benzene rings is 1. The van der Waals surface area contributed by atoms with Crippen molar-refractivity contribution in [3.63, 3.8) is 0 Å². The van der Waals surface area contributed by atoms with Crippen LogP contribution in [0.25, 0.3) is 0 Å². The average molecular weight is 247 g/mol. The van der Waals surface area contributed by atoms with Crippen LogP contribution in [0.4, 0.5) is 11.5 Å². The van der Waals surface area contributed by atoms with Crippen LogP contribution >= 0.6 is 0 Å². The van der Waals surface area contributed by atoms with Crippen LogP contribution in [-0.2, 0) is 6.54 Å². The second-order valence-corrected chi connectivity index (χ2v) is 3.64. The van der Waals surface area contributed by atoms with Gasteiger partial charge in [-0.3, -0.25) is 4.68 Å². The molecule has 2 rings (SSSR count). The lowest BCUT2D eigenvalue weighted by atomic mass is 10.2. The van der Waals surface area contributed by atoms with Crippen molar-refractivity contribution in [3.8, 4) is 5.75 Å². The standard InChI is InChI=1S/C11H13N5O2/c1-18-9-4-2-8(3-5-9)6-16-7-10(15-17)11(13-12)14-16/h2-5,7H,6,12H2,1H3,(H,13,14). The lowest BCUT2D eigenvalue weighted by Gasteiger charge is -2.03. The second kappa shape index (κ2) is 5.28. The van der Waals surface area contributed by atoms with E-state index < -0.39 is 0 Å². The van der Waals surface area contributed by atoms with Gasteiger partial charge in [0, 0.05) is 0 Å². The number of rotatable bonds is 5. The van der Waals surface area contributed by atoms with Gasteiger partial charge in [-0.15, -0.1) is 4.91 Å². The fraction of sp³-hybridized carbons (Fsp3) is 0.182. The van der Waals surface area contributed by atoms with E-state index in [-0.39, 0.29) is 11.5 Å². The molecule has 0 saturated carbocycles. The van der Waals surface area contributed by atoms with Crippen LogP contribution in [0.5, 0.6) is 5.75 Å². The number of hydrazine groups is 1. The van der Waals surface area contributed by atoms with Crippen LogP contribution in [0.1, 0.15) is 5.56 Å². The highest BCUT2D eigenvalue weighted by atomic mass is 16.5. The van der Waals surface area contributed by atoms with Crippen LogP contribution < -0.4 is 16.0 Å². The van der Waals surface area contributed by atoms with Gasteiger partial charge >= 0.3 is 0 Å². The highest BCUT2D eigenvalue weighted by molar-refractivity contribution is 5.58. The Labute approximate surface area is 103 Å². The normalized spacial score (nSPS) is 10.1. The predicted octanol–water partition coefficient (Wildman–Crippen LogP) is 1.62. The summed E-state index contributed by atoms with van der Waals surface area (Å²) in [6.45, 7) is 0.522. The number of aromatic nitrogens is 2. The van der Waals surface area contributed by atoms with E-state index in [0.29, 0.717) is 6.54 Å². The molecule has 0 bridgehead atoms. The Kier molecular flexibility index (Phi) is 3.54. The van der Waals surface area contributed by atoms with Crippen molar-refractivity contribution in [2.24, 2.45) is 11.0 Å². The Bertz CT molecular complexity index is 535. The van der Waals surface area contributed by atoms with Gasteiger partial charge in [-0.25, -0.2) is 5.84 Å². The largest absolute Gasteiger partial charge is 0.497 e. The maximum Gasteiger partial charge on any atom is 0.191 e. The molecule has 7 heteroatoms. The Morgan fingerprint density at radius 2 is 2.17 bits per heavy atom. The molecule has 2 aromatic rings. The van der Waals surface area contributed by atoms with Crippen molar-refractivity contribution >= 4 is 11.5 Å². The molecule has 18 heavy (non-hydrogen) atoms. The number of nitrogens with zero attached hydrogens (tertiary/aromatic N) is 3. The molecule has 0 fully saturated rings. The molecule has 7 nitrogen and oxygen atoms in total. The van der Waals surface area contributed by atoms with E-state index in [4.69, 9.17) is 10.6 Å². The third-order valence-corrected chi connectivity index (χ3v) is 2.48. The zero-order valence-electron chi connectivity index (χ0n) is 9.83. The Morgan fingerprint density at radius 3 is 2.67 bits per heavy atom. The van der Waals surface area contributed by atoms with Gasteiger partial charge in [0.2, 0.25) is 0 Å². The number of hydrogen-bond acceptors (Lipinski definition) is 6. The number of hydrogen-bond donors (Lipinski definition) is 2. The van der Waals surface area contributed by atoms with Gasteiger partial charge in [-0.05, 0) is 22.9 Å². The highest BCUT2D eigenvalue weighted by Crippen LogP contribution is 2.22. The first-order chi connectivity index (χ1) is 8.76. The van der Waals surface area contributed by atoms with Gasteiger partial charge in [0.15, 0.2) is 11.5 Å². The predicted molar refractivity (Wildman–Crippen MR) is 67.6 cm³/mol. The van der Waals surface area contributed by atoms with Crippen molar-refractivity contribution < 1.29 is 4.74 Å². The molecule has 0 unspecified atom stereocenters. The van der Waals surface area contributed by atoms with Crippen molar-refractivity contribution in [2.75, 3.05) is 12.5 Å². The first-order valence-electron chi connectivity index (χ1n) is 5.27. The molecule has 1 heterocycles. The minimum absolute atomic E-state index is 0.186. The number of nitrogens with two attached hydrogens (primary N) is 1. The number of nitrogens with one attached hydrogen (secondary N) is 1. The molecule has 0 spiro atoms. The fourth-order valence-electron chi connectivity index (χ4n) is 1.58. The summed E-state index contributed by atoms with van der Waals surface area (Å²) in [5.41, 5.74) is 3.54. The molecule has 0 aliphatic rings. The summed E-state index contributed by atoms with van der Waals surface area (Å²) in [6.07, 6.45) is 1.53. The third-order valence-electron chi connectivity index (χ3n) is 2.48. The van der Waals surface area contributed by atoms with Gasteiger partial charge in [-0.1, -0.05) is 12.1 Å². The maximum absolute atomic E-state index is 10.5. The van der Waals surface area contributed by atoms with Gasteiger partial charge in [0.25, 0.3) is 0 Å². The summed E-state index contributed by atoms with van der Waals surface area (Å²) >= 11 is 0. The van der Waals surface area contributed by atoms with Gasteiger partial charge < -0.3 is 10.2 Å². The first-order valence-corrected chi connectivity index (χ1v) is 5.27. The van der Waals surface area contributed by atoms with E-state index in [1.807, 2.05) is 24.3 Å². The molecular weight excluding hydrogens is 234 g/mol. The summed E-state index contributed by atoms with van der Waals surface area (Å²) < 4.78 is 6.66. The maximum atomic E-state index is 10.5. The Morgan fingerprint density at radius 1 is 1.44 bits per heavy atom. The molecule has 94 valence electrons. The zero-order chi connectivity index (χ0) is 13.0. The van der Waals surface area contributed by atoms with E-state index in [1.165, 1.54) is 6.20 Å². The molecule has 0 saturated heterocycles. The molecule has 0 aliphatic heterocycles. The van der Waals surface area contributed by atoms with Crippen molar-refractivity contribution in [3.05, 3.63) is 40.9 Å². The lowest BCUT2D eigenvalue weighted by molar-refractivity contribution is 0.414. The summed E-state index contributed by atoms with van der Waals surface area (Å²) in [5.74, 6) is 6.28. The van der Waals surface area contributed by atoms with Crippen LogP contribution in [0.2, 0.25) is 0 Å². The van der Waals surface area contributed by atoms with Crippen molar-refractivity contribution in [2.45, 2.75) is 6.54 Å². The minimum atomic E-state index is 0.186. The first kappa shape index (κ1) is 12.1. The fourth-order valence-corrected chi connectivity index (χ4v) is 1.58. The Hall–Kier alpha value is -2.41. The summed E-state index contributed by atoms with van der Waals surface area (Å²) in [4.78, 5) is 10.5. The molecule has 3 N–H and O–H groups in total. The topological polar surface area (TPSA) is 94.5 Å². The van der Waals surface area contributed by atoms with E-state index in [2.05, 4.69) is 15.7 Å². The van der Waals surface area contributed by atoms with Gasteiger partial charge in [-0.2, -0.15) is 5.10 Å². The van der Waals surface area contributed by atoms with E-state index >= 15 is 0 Å². The minimum Gasteiger partial charge on any atom is -0.497 e. The quantitative estimate of drug-likeness (QED) is 0.475. The summed E-state index contributed by atoms with van der Waals surface area (Å²) in [5, 5.41) is 6.93. The molecule has 1 aromatic carbocycles. The number of methoxy groups -OCH3 is 1. The smallest absolute Gasteiger partial charge is 0.191 e. The summed E-state index contributed by atoms with van der Waals surface area (Å²) in [7, 11) is 1.61. The molecule has 1 aromatic heterocycles. The van der Waals surface area contributed by atoms with Gasteiger partial charge in [0.1, 0.15) is 5.75 Å². The molecule has 0 amide bonds. The molecule has 0 aliphatic carbocycles. The van der Waals surface area contributed by atoms with Crippen molar-refractivity contribution in [1.29, 1.82) is 0 Å². The third kappa shape index (κ3) is 2.46. The molecule has 0 atom stereocenters. The van der Waals surface area contributed by atoms with Crippen molar-refractivity contribution in [1.82, 2.24) is 9.78 Å². The number of ether oxygens (including phenoxy) is 1. The zero-order valence-corrected chi connectivity index (χ0v) is 9.83. The average Bonchev–Trinajstić information content (AvgIpc) is 2.81. The molecule has 0 radical (unpaired) electrons. The SMILES string of the molecule is COc1ccc(Cn2cc(N=O)c(NN)n2)cc1. The summed E-state index contributed by atoms with van der Waals surface area (Å²) in [6, 6.07) is 7.56. The van der Waals surface area contributed by atoms with E-state index in [1.54, 1.807) is 11.8 Å². The second-order valence-electron chi connectivity index (χ2n) is 3.64. The lowest BCUT2D eigenvalue weighted by Crippen LogP contribution is -2.08. The van der Waals surface area contributed by atoms with E-state index in [9.17, 15) is 4.91 Å². The van der Waals surface area contributed by atoms with Crippen LogP contribution in [0.15, 0.2) is 35.6 Å². The van der Waals surface area contributed by atoms with Crippen LogP contribution in [0, 0.1) is 4.91 Å². The monoisotopic (exact) mass is 247 g/mol. The highest BCUT2D eigenvalue weighted by Gasteiger charge is 2.08. The van der Waals surface area contributed by atoms with Crippen LogP contribution in [-0.4, -0.2) is 16.9 Å². The number of nitroso groups, excluding NO2 is 1.